The lowest BCUT2D eigenvalue weighted by atomic mass is 9.71. The molecular formula is C25H24F2N4O4. The molecule has 2 aromatic rings. The van der Waals surface area contributed by atoms with E-state index >= 15 is 0 Å². The van der Waals surface area contributed by atoms with E-state index in [0.29, 0.717) is 16.8 Å². The van der Waals surface area contributed by atoms with Crippen LogP contribution in [0.3, 0.4) is 0 Å². The Morgan fingerprint density at radius 2 is 1.86 bits per heavy atom. The van der Waals surface area contributed by atoms with Crippen LogP contribution in [0.2, 0.25) is 0 Å². The summed E-state index contributed by atoms with van der Waals surface area (Å²) in [6.45, 7) is 0.555. The number of imide groups is 1. The number of fused-ring (bicyclic) bond motifs is 1. The van der Waals surface area contributed by atoms with E-state index in [2.05, 4.69) is 10.6 Å². The van der Waals surface area contributed by atoms with Gasteiger partial charge in [0.25, 0.3) is 5.91 Å². The minimum Gasteiger partial charge on any atom is -0.323 e. The number of nitrogens with zero attached hydrogens (tertiary/aromatic N) is 2. The maximum Gasteiger partial charge on any atom is 0.321 e. The Labute approximate surface area is 200 Å². The fourth-order valence-corrected chi connectivity index (χ4v) is 5.20. The fourth-order valence-electron chi connectivity index (χ4n) is 5.20. The number of piperidine rings is 1. The number of hydrogen-bond donors (Lipinski definition) is 2. The van der Waals surface area contributed by atoms with Crippen molar-refractivity contribution in [3.05, 3.63) is 65.2 Å². The number of hydrogen-bond acceptors (Lipinski definition) is 4. The molecule has 0 radical (unpaired) electrons. The summed E-state index contributed by atoms with van der Waals surface area (Å²) in [5, 5.41) is 5.05. The summed E-state index contributed by atoms with van der Waals surface area (Å²) in [5.74, 6) is -1.13. The lowest BCUT2D eigenvalue weighted by Crippen LogP contribution is -2.62. The van der Waals surface area contributed by atoms with Gasteiger partial charge in [-0.1, -0.05) is 30.3 Å². The van der Waals surface area contributed by atoms with E-state index in [1.165, 1.54) is 9.80 Å². The molecule has 2 aromatic carbocycles. The maximum atomic E-state index is 13.3. The summed E-state index contributed by atoms with van der Waals surface area (Å²) in [6, 6.07) is 12.8. The molecule has 0 saturated carbocycles. The standard InChI is InChI=1S/C25H24F2N4O4/c26-20(27)11-25(16-4-2-1-3-5-16)13-30(14-25)24(35)28-17-6-7-18-15(10-17)12-31(23(18)34)19-8-9-21(32)29-22(19)33/h1-7,10,19-20H,8-9,11-14H2,(H,28,35)(H,29,32,33). The van der Waals surface area contributed by atoms with Gasteiger partial charge in [0.1, 0.15) is 6.04 Å². The fraction of sp³-hybridized carbons (Fsp3) is 0.360. The normalized spacial score (nSPS) is 21.0. The van der Waals surface area contributed by atoms with E-state index in [1.807, 2.05) is 18.2 Å². The average Bonchev–Trinajstić information content (AvgIpc) is 3.11. The first-order chi connectivity index (χ1) is 16.8. The molecule has 0 bridgehead atoms. The summed E-state index contributed by atoms with van der Waals surface area (Å²) in [4.78, 5) is 52.2. The van der Waals surface area contributed by atoms with E-state index in [0.717, 1.165) is 5.56 Å². The highest BCUT2D eigenvalue weighted by Crippen LogP contribution is 2.40. The van der Waals surface area contributed by atoms with E-state index in [9.17, 15) is 28.0 Å². The molecule has 3 aliphatic rings. The van der Waals surface area contributed by atoms with E-state index < -0.39 is 29.8 Å². The highest BCUT2D eigenvalue weighted by atomic mass is 19.3. The molecule has 8 nitrogen and oxygen atoms in total. The number of halogens is 2. The van der Waals surface area contributed by atoms with Crippen LogP contribution in [0.1, 0.15) is 40.7 Å². The molecule has 2 saturated heterocycles. The number of nitrogens with one attached hydrogen (secondary N) is 2. The zero-order valence-electron chi connectivity index (χ0n) is 18.8. The van der Waals surface area contributed by atoms with Gasteiger partial charge in [-0.2, -0.15) is 0 Å². The van der Waals surface area contributed by atoms with Crippen LogP contribution in [0, 0.1) is 0 Å². The highest BCUT2D eigenvalue weighted by molar-refractivity contribution is 6.05. The van der Waals surface area contributed by atoms with Crippen LogP contribution in [0.15, 0.2) is 48.5 Å². The van der Waals surface area contributed by atoms with Crippen molar-refractivity contribution in [1.82, 2.24) is 15.1 Å². The van der Waals surface area contributed by atoms with Crippen molar-refractivity contribution in [1.29, 1.82) is 0 Å². The van der Waals surface area contributed by atoms with Crippen LogP contribution < -0.4 is 10.6 Å². The molecule has 0 aliphatic carbocycles. The lowest BCUT2D eigenvalue weighted by Gasteiger charge is -2.50. The number of alkyl halides is 2. The number of carbonyl (C=O) groups is 4. The zero-order valence-corrected chi connectivity index (χ0v) is 18.8. The van der Waals surface area contributed by atoms with E-state index in [4.69, 9.17) is 0 Å². The molecule has 1 unspecified atom stereocenters. The van der Waals surface area contributed by atoms with Gasteiger partial charge in [0.2, 0.25) is 18.2 Å². The summed E-state index contributed by atoms with van der Waals surface area (Å²) in [6.07, 6.45) is -2.37. The molecule has 35 heavy (non-hydrogen) atoms. The van der Waals surface area contributed by atoms with E-state index in [-0.39, 0.29) is 50.7 Å². The number of benzene rings is 2. The van der Waals surface area contributed by atoms with Crippen LogP contribution in [0.4, 0.5) is 19.3 Å². The van der Waals surface area contributed by atoms with Crippen LogP contribution >= 0.6 is 0 Å². The number of rotatable bonds is 5. The van der Waals surface area contributed by atoms with Crippen molar-refractivity contribution in [2.45, 2.75) is 43.7 Å². The summed E-state index contributed by atoms with van der Waals surface area (Å²) < 4.78 is 26.6. The Morgan fingerprint density at radius 3 is 2.54 bits per heavy atom. The SMILES string of the molecule is O=C1CCC(N2Cc3cc(NC(=O)N4CC(CC(F)F)(c5ccccc5)C4)ccc3C2=O)C(=O)N1. The van der Waals surface area contributed by atoms with Crippen molar-refractivity contribution in [3.63, 3.8) is 0 Å². The predicted octanol–water partition coefficient (Wildman–Crippen LogP) is 2.89. The number of urea groups is 1. The summed E-state index contributed by atoms with van der Waals surface area (Å²) in [5.41, 5.74) is 1.58. The third-order valence-corrected chi connectivity index (χ3v) is 6.98. The third-order valence-electron chi connectivity index (χ3n) is 6.98. The molecule has 2 N–H and O–H groups in total. The molecule has 0 aromatic heterocycles. The number of amides is 5. The molecule has 2 fully saturated rings. The maximum absolute atomic E-state index is 13.3. The molecular weight excluding hydrogens is 458 g/mol. The van der Waals surface area contributed by atoms with Crippen LogP contribution in [-0.2, 0) is 21.5 Å². The van der Waals surface area contributed by atoms with Crippen molar-refractivity contribution in [2.24, 2.45) is 0 Å². The first-order valence-electron chi connectivity index (χ1n) is 11.4. The van der Waals surface area contributed by atoms with Gasteiger partial charge in [-0.3, -0.25) is 19.7 Å². The minimum absolute atomic E-state index is 0.170. The van der Waals surface area contributed by atoms with Crippen molar-refractivity contribution in [2.75, 3.05) is 18.4 Å². The van der Waals surface area contributed by atoms with Crippen molar-refractivity contribution in [3.8, 4) is 0 Å². The zero-order chi connectivity index (χ0) is 24.7. The second-order valence-electron chi connectivity index (χ2n) is 9.30. The number of anilines is 1. The predicted molar refractivity (Wildman–Crippen MR) is 122 cm³/mol. The molecule has 5 rings (SSSR count). The third kappa shape index (κ3) is 4.24. The second kappa shape index (κ2) is 8.75. The molecule has 1 atom stereocenters. The summed E-state index contributed by atoms with van der Waals surface area (Å²) >= 11 is 0. The van der Waals surface area contributed by atoms with Crippen molar-refractivity contribution >= 4 is 29.4 Å². The van der Waals surface area contributed by atoms with Gasteiger partial charge in [0, 0.05) is 49.1 Å². The van der Waals surface area contributed by atoms with Gasteiger partial charge >= 0.3 is 6.03 Å². The van der Waals surface area contributed by atoms with Crippen LogP contribution in [0.5, 0.6) is 0 Å². The Morgan fingerprint density at radius 1 is 1.11 bits per heavy atom. The molecule has 182 valence electrons. The largest absolute Gasteiger partial charge is 0.323 e. The lowest BCUT2D eigenvalue weighted by molar-refractivity contribution is -0.136. The van der Waals surface area contributed by atoms with Gasteiger partial charge in [-0.25, -0.2) is 13.6 Å². The summed E-state index contributed by atoms with van der Waals surface area (Å²) in [7, 11) is 0. The van der Waals surface area contributed by atoms with Gasteiger partial charge in [0.15, 0.2) is 0 Å². The Balaban J connectivity index is 1.25. The second-order valence-corrected chi connectivity index (χ2v) is 9.30. The Kier molecular flexibility index (Phi) is 5.74. The Hall–Kier alpha value is -3.82. The first-order valence-corrected chi connectivity index (χ1v) is 11.4. The molecule has 5 amide bonds. The minimum atomic E-state index is -2.48. The van der Waals surface area contributed by atoms with E-state index in [1.54, 1.807) is 30.3 Å². The van der Waals surface area contributed by atoms with Crippen LogP contribution in [-0.4, -0.2) is 59.1 Å². The molecule has 10 heteroatoms. The van der Waals surface area contributed by atoms with Crippen LogP contribution in [0.25, 0.3) is 0 Å². The van der Waals surface area contributed by atoms with Gasteiger partial charge in [0.05, 0.1) is 0 Å². The van der Waals surface area contributed by atoms with Crippen molar-refractivity contribution < 1.29 is 28.0 Å². The van der Waals surface area contributed by atoms with Gasteiger partial charge < -0.3 is 15.1 Å². The molecule has 0 spiro atoms. The first kappa shape index (κ1) is 22.9. The molecule has 3 aliphatic heterocycles. The smallest absolute Gasteiger partial charge is 0.321 e. The Bertz CT molecular complexity index is 1200. The topological polar surface area (TPSA) is 98.8 Å². The highest BCUT2D eigenvalue weighted by Gasteiger charge is 2.48. The van der Waals surface area contributed by atoms with Gasteiger partial charge in [-0.15, -0.1) is 0 Å². The molecule has 3 heterocycles. The van der Waals surface area contributed by atoms with Gasteiger partial charge in [-0.05, 0) is 35.7 Å². The quantitative estimate of drug-likeness (QED) is 0.641. The average molecular weight is 482 g/mol. The number of likely N-dealkylation sites (tertiary alicyclic amines) is 1. The monoisotopic (exact) mass is 482 g/mol. The number of carbonyl (C=O) groups excluding carboxylic acids is 4.